The average Bonchev–Trinajstić information content (AvgIpc) is 2.26. The number of alkyl halides is 3. The number of ether oxygens (including phenoxy) is 2. The highest BCUT2D eigenvalue weighted by Gasteiger charge is 2.31. The largest absolute Gasteiger partial charge is 0.573 e. The van der Waals surface area contributed by atoms with Gasteiger partial charge in [-0.05, 0) is 40.5 Å². The second-order valence-electron chi connectivity index (χ2n) is 3.25. The zero-order valence-corrected chi connectivity index (χ0v) is 10.7. The Balaban J connectivity index is 2.60. The van der Waals surface area contributed by atoms with E-state index >= 15 is 0 Å². The van der Waals surface area contributed by atoms with E-state index in [9.17, 15) is 13.2 Å². The third-order valence-electron chi connectivity index (χ3n) is 1.83. The van der Waals surface area contributed by atoms with Gasteiger partial charge in [-0.1, -0.05) is 0 Å². The van der Waals surface area contributed by atoms with E-state index in [4.69, 9.17) is 10.00 Å². The molecule has 0 saturated carbocycles. The monoisotopic (exact) mass is 323 g/mol. The van der Waals surface area contributed by atoms with E-state index in [0.717, 1.165) is 6.07 Å². The van der Waals surface area contributed by atoms with Gasteiger partial charge in [-0.15, -0.1) is 13.2 Å². The maximum atomic E-state index is 12.0. The van der Waals surface area contributed by atoms with Crippen molar-refractivity contribution in [2.24, 2.45) is 0 Å². The number of benzene rings is 1. The van der Waals surface area contributed by atoms with Crippen LogP contribution in [0.15, 0.2) is 22.7 Å². The van der Waals surface area contributed by atoms with Gasteiger partial charge in [0.2, 0.25) is 0 Å². The number of rotatable bonds is 5. The Labute approximate surface area is 110 Å². The Hall–Kier alpha value is -1.42. The highest BCUT2D eigenvalue weighted by atomic mass is 79.9. The van der Waals surface area contributed by atoms with Crippen LogP contribution in [0.1, 0.15) is 12.8 Å². The van der Waals surface area contributed by atoms with Gasteiger partial charge in [0.05, 0.1) is 17.1 Å². The van der Waals surface area contributed by atoms with Crippen molar-refractivity contribution in [2.75, 3.05) is 6.61 Å². The van der Waals surface area contributed by atoms with E-state index in [0.29, 0.717) is 25.2 Å². The molecule has 0 aromatic heterocycles. The third-order valence-corrected chi connectivity index (χ3v) is 2.45. The van der Waals surface area contributed by atoms with Crippen LogP contribution in [0, 0.1) is 11.3 Å². The maximum absolute atomic E-state index is 12.0. The average molecular weight is 324 g/mol. The van der Waals surface area contributed by atoms with Crippen LogP contribution in [0.25, 0.3) is 0 Å². The van der Waals surface area contributed by atoms with E-state index in [1.165, 1.54) is 12.1 Å². The van der Waals surface area contributed by atoms with Gasteiger partial charge in [-0.25, -0.2) is 0 Å². The molecule has 1 aromatic rings. The first-order valence-electron chi connectivity index (χ1n) is 4.97. The summed E-state index contributed by atoms with van der Waals surface area (Å²) in [5, 5.41) is 8.32. The fraction of sp³-hybridized carbons (Fsp3) is 0.364. The Bertz CT molecular complexity index is 443. The number of hydrogen-bond acceptors (Lipinski definition) is 3. The summed E-state index contributed by atoms with van der Waals surface area (Å²) in [6.45, 7) is 0.333. The van der Waals surface area contributed by atoms with Crippen molar-refractivity contribution in [3.63, 3.8) is 0 Å². The summed E-state index contributed by atoms with van der Waals surface area (Å²) in [7, 11) is 0. The Kier molecular flexibility index (Phi) is 5.28. The zero-order valence-electron chi connectivity index (χ0n) is 9.13. The molecular formula is C11H9BrF3NO2. The fourth-order valence-electron chi connectivity index (χ4n) is 1.12. The van der Waals surface area contributed by atoms with Crippen molar-refractivity contribution < 1.29 is 22.6 Å². The summed E-state index contributed by atoms with van der Waals surface area (Å²) in [6, 6.07) is 5.89. The lowest BCUT2D eigenvalue weighted by Crippen LogP contribution is -2.17. The SMILES string of the molecule is N#CCCCOc1ccc(OC(F)(F)F)c(Br)c1. The van der Waals surface area contributed by atoms with Gasteiger partial charge in [0, 0.05) is 6.42 Å². The molecule has 98 valence electrons. The van der Waals surface area contributed by atoms with Gasteiger partial charge >= 0.3 is 6.36 Å². The van der Waals surface area contributed by atoms with E-state index in [-0.39, 0.29) is 10.2 Å². The first-order chi connectivity index (χ1) is 8.42. The minimum absolute atomic E-state index is 0.151. The molecule has 0 amide bonds. The molecule has 1 aromatic carbocycles. The zero-order chi connectivity index (χ0) is 13.6. The molecule has 0 heterocycles. The first-order valence-corrected chi connectivity index (χ1v) is 5.77. The van der Waals surface area contributed by atoms with Crippen LogP contribution in [0.4, 0.5) is 13.2 Å². The van der Waals surface area contributed by atoms with Crippen LogP contribution in [0.5, 0.6) is 11.5 Å². The molecular weight excluding hydrogens is 315 g/mol. The molecule has 0 unspecified atom stereocenters. The highest BCUT2D eigenvalue weighted by Crippen LogP contribution is 2.33. The van der Waals surface area contributed by atoms with Gasteiger partial charge in [0.1, 0.15) is 11.5 Å². The van der Waals surface area contributed by atoms with Gasteiger partial charge in [0.15, 0.2) is 0 Å². The highest BCUT2D eigenvalue weighted by molar-refractivity contribution is 9.10. The summed E-state index contributed by atoms with van der Waals surface area (Å²) in [5.74, 6) is 0.0845. The van der Waals surface area contributed by atoms with E-state index in [2.05, 4.69) is 20.7 Å². The van der Waals surface area contributed by atoms with E-state index in [1.807, 2.05) is 6.07 Å². The minimum Gasteiger partial charge on any atom is -0.494 e. The van der Waals surface area contributed by atoms with Crippen molar-refractivity contribution >= 4 is 15.9 Å². The molecule has 3 nitrogen and oxygen atoms in total. The summed E-state index contributed by atoms with van der Waals surface area (Å²) < 4.78 is 45.2. The number of nitrogens with zero attached hydrogens (tertiary/aromatic N) is 1. The number of hydrogen-bond donors (Lipinski definition) is 0. The summed E-state index contributed by atoms with van der Waals surface area (Å²) in [6.07, 6.45) is -3.79. The van der Waals surface area contributed by atoms with Gasteiger partial charge in [0.25, 0.3) is 0 Å². The molecule has 0 aliphatic rings. The van der Waals surface area contributed by atoms with Crippen LogP contribution in [-0.4, -0.2) is 13.0 Å². The Morgan fingerprint density at radius 3 is 2.61 bits per heavy atom. The third kappa shape index (κ3) is 5.27. The summed E-state index contributed by atoms with van der Waals surface area (Å²) in [5.41, 5.74) is 0. The van der Waals surface area contributed by atoms with Crippen LogP contribution in [0.2, 0.25) is 0 Å². The Morgan fingerprint density at radius 1 is 1.33 bits per heavy atom. The van der Waals surface area contributed by atoms with Gasteiger partial charge in [-0.2, -0.15) is 5.26 Å². The molecule has 1 rings (SSSR count). The van der Waals surface area contributed by atoms with Crippen molar-refractivity contribution in [1.82, 2.24) is 0 Å². The predicted molar refractivity (Wildman–Crippen MR) is 61.2 cm³/mol. The molecule has 0 spiro atoms. The molecule has 7 heteroatoms. The van der Waals surface area contributed by atoms with Crippen LogP contribution in [-0.2, 0) is 0 Å². The molecule has 0 aliphatic heterocycles. The van der Waals surface area contributed by atoms with Crippen LogP contribution in [0.3, 0.4) is 0 Å². The number of halogens is 4. The van der Waals surface area contributed by atoms with Crippen molar-refractivity contribution in [3.8, 4) is 17.6 Å². The lowest BCUT2D eigenvalue weighted by Gasteiger charge is -2.12. The minimum atomic E-state index is -4.72. The molecule has 18 heavy (non-hydrogen) atoms. The van der Waals surface area contributed by atoms with E-state index < -0.39 is 6.36 Å². The predicted octanol–water partition coefficient (Wildman–Crippen LogP) is 4.03. The summed E-state index contributed by atoms with van der Waals surface area (Å²) >= 11 is 2.97. The number of unbranched alkanes of at least 4 members (excludes halogenated alkanes) is 1. The first kappa shape index (κ1) is 14.6. The quantitative estimate of drug-likeness (QED) is 0.768. The number of nitriles is 1. The van der Waals surface area contributed by atoms with Crippen molar-refractivity contribution in [2.45, 2.75) is 19.2 Å². The second-order valence-corrected chi connectivity index (χ2v) is 4.10. The smallest absolute Gasteiger partial charge is 0.494 e. The summed E-state index contributed by atoms with van der Waals surface area (Å²) in [4.78, 5) is 0. The fourth-order valence-corrected chi connectivity index (χ4v) is 1.56. The van der Waals surface area contributed by atoms with Gasteiger partial charge in [-0.3, -0.25) is 0 Å². The molecule has 0 bridgehead atoms. The molecule has 0 aliphatic carbocycles. The van der Waals surface area contributed by atoms with Crippen LogP contribution >= 0.6 is 15.9 Å². The second kappa shape index (κ2) is 6.50. The molecule has 0 saturated heterocycles. The van der Waals surface area contributed by atoms with Gasteiger partial charge < -0.3 is 9.47 Å². The van der Waals surface area contributed by atoms with Crippen molar-refractivity contribution in [3.05, 3.63) is 22.7 Å². The molecule has 0 atom stereocenters. The molecule has 0 N–H and O–H groups in total. The maximum Gasteiger partial charge on any atom is 0.573 e. The Morgan fingerprint density at radius 2 is 2.06 bits per heavy atom. The normalized spacial score (nSPS) is 10.8. The standard InChI is InChI=1S/C11H9BrF3NO2/c12-9-7-8(17-6-2-1-5-16)3-4-10(9)18-11(13,14)15/h3-4,7H,1-2,6H2. The lowest BCUT2D eigenvalue weighted by molar-refractivity contribution is -0.274. The lowest BCUT2D eigenvalue weighted by atomic mass is 10.3. The topological polar surface area (TPSA) is 42.2 Å². The molecule has 0 radical (unpaired) electrons. The van der Waals surface area contributed by atoms with E-state index in [1.54, 1.807) is 0 Å². The van der Waals surface area contributed by atoms with Crippen molar-refractivity contribution in [1.29, 1.82) is 5.26 Å². The molecule has 0 fully saturated rings. The van der Waals surface area contributed by atoms with Crippen LogP contribution < -0.4 is 9.47 Å².